The molecule has 0 bridgehead atoms. The fourth-order valence-corrected chi connectivity index (χ4v) is 4.81. The van der Waals surface area contributed by atoms with Gasteiger partial charge in [0, 0.05) is 36.9 Å². The number of carbonyl (C=O) groups is 3. The summed E-state index contributed by atoms with van der Waals surface area (Å²) in [6.07, 6.45) is 20.2. The zero-order valence-corrected chi connectivity index (χ0v) is 26.9. The molecular formula is C33H65N3O3. The third-order valence-corrected chi connectivity index (χ3v) is 7.09. The second kappa shape index (κ2) is 22.3. The standard InChI is InChI=1S/C33H65N3O3/c1-8-9-10-11-12-13-14-15-16-17-18-19-20-24-29(37)35-27-25-30(38)34-26-22-21-23-28(36-33(5,6)7)31(39)32(2,3)4/h28,36H,8-27H2,1-7H3,(H,34,38)(H,35,37). The molecule has 0 aromatic heterocycles. The first kappa shape index (κ1) is 37.6. The summed E-state index contributed by atoms with van der Waals surface area (Å²) in [5, 5.41) is 9.28. The monoisotopic (exact) mass is 552 g/mol. The van der Waals surface area contributed by atoms with Crippen molar-refractivity contribution in [2.45, 2.75) is 176 Å². The molecule has 1 atom stereocenters. The highest BCUT2D eigenvalue weighted by atomic mass is 16.2. The second-order valence-electron chi connectivity index (χ2n) is 13.5. The Labute approximate surface area is 242 Å². The molecule has 0 aliphatic heterocycles. The third kappa shape index (κ3) is 24.1. The molecule has 0 saturated carbocycles. The first-order chi connectivity index (χ1) is 18.4. The molecule has 0 aliphatic carbocycles. The van der Waals surface area contributed by atoms with Crippen LogP contribution in [0.5, 0.6) is 0 Å². The van der Waals surface area contributed by atoms with Gasteiger partial charge in [0.05, 0.1) is 6.04 Å². The van der Waals surface area contributed by atoms with Crippen molar-refractivity contribution in [1.82, 2.24) is 16.0 Å². The molecule has 0 aromatic carbocycles. The van der Waals surface area contributed by atoms with Crippen LogP contribution in [0.15, 0.2) is 0 Å². The van der Waals surface area contributed by atoms with Gasteiger partial charge >= 0.3 is 0 Å². The third-order valence-electron chi connectivity index (χ3n) is 7.09. The Morgan fingerprint density at radius 2 is 1.03 bits per heavy atom. The van der Waals surface area contributed by atoms with Crippen molar-refractivity contribution >= 4 is 17.6 Å². The summed E-state index contributed by atoms with van der Waals surface area (Å²) >= 11 is 0. The quantitative estimate of drug-likeness (QED) is 0.108. The van der Waals surface area contributed by atoms with E-state index in [9.17, 15) is 14.4 Å². The Balaban J connectivity index is 3.74. The van der Waals surface area contributed by atoms with Crippen molar-refractivity contribution in [1.29, 1.82) is 0 Å². The Bertz CT molecular complexity index is 650. The number of ketones is 1. The van der Waals surface area contributed by atoms with Crippen molar-refractivity contribution in [3.05, 3.63) is 0 Å². The number of hydrogen-bond acceptors (Lipinski definition) is 4. The van der Waals surface area contributed by atoms with Crippen LogP contribution in [0, 0.1) is 5.41 Å². The molecule has 6 nitrogen and oxygen atoms in total. The van der Waals surface area contributed by atoms with Gasteiger partial charge in [-0.2, -0.15) is 0 Å². The van der Waals surface area contributed by atoms with Gasteiger partial charge in [0.1, 0.15) is 0 Å². The van der Waals surface area contributed by atoms with E-state index in [-0.39, 0.29) is 34.6 Å². The van der Waals surface area contributed by atoms with Crippen molar-refractivity contribution in [2.75, 3.05) is 13.1 Å². The summed E-state index contributed by atoms with van der Waals surface area (Å²) in [6.45, 7) is 15.4. The number of Topliss-reactive ketones (excluding diaryl/α,β-unsaturated/α-hetero) is 1. The lowest BCUT2D eigenvalue weighted by molar-refractivity contribution is -0.129. The smallest absolute Gasteiger partial charge is 0.221 e. The lowest BCUT2D eigenvalue weighted by Gasteiger charge is -2.31. The summed E-state index contributed by atoms with van der Waals surface area (Å²) in [5.74, 6) is 0.245. The predicted molar refractivity (Wildman–Crippen MR) is 166 cm³/mol. The van der Waals surface area contributed by atoms with Gasteiger partial charge < -0.3 is 16.0 Å². The molecule has 6 heteroatoms. The van der Waals surface area contributed by atoms with E-state index in [1.807, 2.05) is 20.8 Å². The van der Waals surface area contributed by atoms with E-state index in [0.29, 0.717) is 25.9 Å². The van der Waals surface area contributed by atoms with Crippen molar-refractivity contribution in [3.63, 3.8) is 0 Å². The molecule has 0 aliphatic rings. The van der Waals surface area contributed by atoms with Gasteiger partial charge in [0.25, 0.3) is 0 Å². The molecule has 0 heterocycles. The summed E-state index contributed by atoms with van der Waals surface area (Å²) < 4.78 is 0. The van der Waals surface area contributed by atoms with E-state index < -0.39 is 0 Å². The number of unbranched alkanes of at least 4 members (excludes halogenated alkanes) is 13. The number of nitrogens with one attached hydrogen (secondary N) is 3. The van der Waals surface area contributed by atoms with Crippen LogP contribution in [0.2, 0.25) is 0 Å². The van der Waals surface area contributed by atoms with Crippen LogP contribution in [-0.2, 0) is 14.4 Å². The fourth-order valence-electron chi connectivity index (χ4n) is 4.81. The molecule has 0 spiro atoms. The molecule has 3 N–H and O–H groups in total. The predicted octanol–water partition coefficient (Wildman–Crippen LogP) is 7.63. The van der Waals surface area contributed by atoms with Gasteiger partial charge in [0.2, 0.25) is 11.8 Å². The first-order valence-electron chi connectivity index (χ1n) is 16.2. The largest absolute Gasteiger partial charge is 0.356 e. The summed E-state index contributed by atoms with van der Waals surface area (Å²) in [7, 11) is 0. The van der Waals surface area contributed by atoms with Crippen LogP contribution >= 0.6 is 0 Å². The maximum Gasteiger partial charge on any atom is 0.221 e. The minimum Gasteiger partial charge on any atom is -0.356 e. The van der Waals surface area contributed by atoms with Crippen LogP contribution < -0.4 is 16.0 Å². The zero-order chi connectivity index (χ0) is 29.6. The molecule has 0 radical (unpaired) electrons. The van der Waals surface area contributed by atoms with Gasteiger partial charge in [-0.1, -0.05) is 105 Å². The molecule has 0 saturated heterocycles. The SMILES string of the molecule is CCCCCCCCCCCCCCCC(=O)NCCC(=O)NCCCCC(NC(C)(C)C)C(=O)C(C)(C)C. The molecule has 2 amide bonds. The van der Waals surface area contributed by atoms with Gasteiger partial charge in [-0.05, 0) is 46.5 Å². The van der Waals surface area contributed by atoms with Gasteiger partial charge in [-0.15, -0.1) is 0 Å². The maximum absolute atomic E-state index is 12.8. The van der Waals surface area contributed by atoms with E-state index >= 15 is 0 Å². The van der Waals surface area contributed by atoms with Crippen LogP contribution in [-0.4, -0.2) is 42.3 Å². The molecule has 1 unspecified atom stereocenters. The van der Waals surface area contributed by atoms with E-state index in [0.717, 1.165) is 32.1 Å². The Kier molecular flexibility index (Phi) is 21.5. The zero-order valence-electron chi connectivity index (χ0n) is 26.9. The molecule has 0 rings (SSSR count). The second-order valence-corrected chi connectivity index (χ2v) is 13.5. The van der Waals surface area contributed by atoms with Crippen molar-refractivity contribution < 1.29 is 14.4 Å². The average Bonchev–Trinajstić information content (AvgIpc) is 2.84. The maximum atomic E-state index is 12.8. The van der Waals surface area contributed by atoms with E-state index in [1.165, 1.54) is 70.6 Å². The summed E-state index contributed by atoms with van der Waals surface area (Å²) in [5.41, 5.74) is -0.509. The minimum atomic E-state index is -0.381. The highest BCUT2D eigenvalue weighted by Crippen LogP contribution is 2.21. The Morgan fingerprint density at radius 3 is 1.51 bits per heavy atom. The van der Waals surface area contributed by atoms with Gasteiger partial charge in [-0.3, -0.25) is 14.4 Å². The van der Waals surface area contributed by atoms with Gasteiger partial charge in [0.15, 0.2) is 5.78 Å². The van der Waals surface area contributed by atoms with Crippen LogP contribution in [0.4, 0.5) is 0 Å². The topological polar surface area (TPSA) is 87.3 Å². The van der Waals surface area contributed by atoms with E-state index in [1.54, 1.807) is 0 Å². The van der Waals surface area contributed by atoms with Crippen LogP contribution in [0.25, 0.3) is 0 Å². The molecule has 0 aromatic rings. The average molecular weight is 552 g/mol. The normalized spacial score (nSPS) is 12.8. The molecule has 230 valence electrons. The van der Waals surface area contributed by atoms with Gasteiger partial charge in [-0.25, -0.2) is 0 Å². The number of hydrogen-bond donors (Lipinski definition) is 3. The Hall–Kier alpha value is -1.43. The molecular weight excluding hydrogens is 486 g/mol. The first-order valence-corrected chi connectivity index (χ1v) is 16.2. The highest BCUT2D eigenvalue weighted by Gasteiger charge is 2.31. The molecule has 39 heavy (non-hydrogen) atoms. The van der Waals surface area contributed by atoms with Crippen LogP contribution in [0.1, 0.15) is 164 Å². The van der Waals surface area contributed by atoms with Crippen LogP contribution in [0.3, 0.4) is 0 Å². The lowest BCUT2D eigenvalue weighted by Crippen LogP contribution is -2.50. The Morgan fingerprint density at radius 1 is 0.564 bits per heavy atom. The summed E-state index contributed by atoms with van der Waals surface area (Å²) in [6, 6.07) is -0.175. The van der Waals surface area contributed by atoms with Crippen molar-refractivity contribution in [2.24, 2.45) is 5.41 Å². The number of rotatable bonds is 24. The highest BCUT2D eigenvalue weighted by molar-refractivity contribution is 5.88. The lowest BCUT2D eigenvalue weighted by atomic mass is 9.84. The molecule has 0 fully saturated rings. The summed E-state index contributed by atoms with van der Waals surface area (Å²) in [4.78, 5) is 37.0. The number of carbonyl (C=O) groups excluding carboxylic acids is 3. The number of amides is 2. The van der Waals surface area contributed by atoms with E-state index in [4.69, 9.17) is 0 Å². The minimum absolute atomic E-state index is 0.0357. The fraction of sp³-hybridized carbons (Fsp3) is 0.909. The van der Waals surface area contributed by atoms with E-state index in [2.05, 4.69) is 43.6 Å². The van der Waals surface area contributed by atoms with Crippen molar-refractivity contribution in [3.8, 4) is 0 Å².